The molecule has 1 amide bonds. The van der Waals surface area contributed by atoms with Crippen molar-refractivity contribution < 1.29 is 4.79 Å². The van der Waals surface area contributed by atoms with E-state index in [1.54, 1.807) is 0 Å². The standard InChI is InChI=1S/C26H25N3O/c1-18-14-19(2)24(20(3)15-18)28-17-23(16-27)26(30)29-25(21-10-6-4-7-11-21)22-12-8-5-9-13-22/h4-15,17,25,28H,1-3H3,(H,29,30)/b23-17-. The second-order valence-corrected chi connectivity index (χ2v) is 7.32. The van der Waals surface area contributed by atoms with E-state index in [0.29, 0.717) is 0 Å². The maximum atomic E-state index is 12.9. The molecule has 0 aliphatic carbocycles. The van der Waals surface area contributed by atoms with E-state index in [2.05, 4.69) is 22.8 Å². The average Bonchev–Trinajstić information content (AvgIpc) is 2.75. The quantitative estimate of drug-likeness (QED) is 0.437. The summed E-state index contributed by atoms with van der Waals surface area (Å²) in [5, 5.41) is 15.7. The molecule has 3 aromatic carbocycles. The smallest absolute Gasteiger partial charge is 0.264 e. The van der Waals surface area contributed by atoms with E-state index < -0.39 is 5.91 Å². The van der Waals surface area contributed by atoms with Gasteiger partial charge in [-0.1, -0.05) is 78.4 Å². The Morgan fingerprint density at radius 2 is 1.40 bits per heavy atom. The van der Waals surface area contributed by atoms with Crippen LogP contribution in [0.4, 0.5) is 5.69 Å². The Morgan fingerprint density at radius 1 is 0.900 bits per heavy atom. The zero-order chi connectivity index (χ0) is 21.5. The first-order chi connectivity index (χ1) is 14.5. The predicted octanol–water partition coefficient (Wildman–Crippen LogP) is 5.34. The lowest BCUT2D eigenvalue weighted by Gasteiger charge is -2.20. The Kier molecular flexibility index (Phi) is 6.67. The summed E-state index contributed by atoms with van der Waals surface area (Å²) in [6.07, 6.45) is 1.48. The lowest BCUT2D eigenvalue weighted by molar-refractivity contribution is -0.117. The number of nitriles is 1. The second-order valence-electron chi connectivity index (χ2n) is 7.32. The first-order valence-corrected chi connectivity index (χ1v) is 9.85. The average molecular weight is 396 g/mol. The third-order valence-corrected chi connectivity index (χ3v) is 4.94. The van der Waals surface area contributed by atoms with E-state index in [0.717, 1.165) is 27.9 Å². The molecule has 4 heteroatoms. The second kappa shape index (κ2) is 9.58. The third-order valence-electron chi connectivity index (χ3n) is 4.94. The van der Waals surface area contributed by atoms with Gasteiger partial charge in [0.05, 0.1) is 6.04 Å². The van der Waals surface area contributed by atoms with Gasteiger partial charge < -0.3 is 10.6 Å². The minimum atomic E-state index is -0.426. The normalized spacial score (nSPS) is 11.1. The number of carbonyl (C=O) groups excluding carboxylic acids is 1. The van der Waals surface area contributed by atoms with Crippen LogP contribution in [0.2, 0.25) is 0 Å². The summed E-state index contributed by atoms with van der Waals surface area (Å²) in [5.41, 5.74) is 6.13. The van der Waals surface area contributed by atoms with Crippen LogP contribution in [-0.4, -0.2) is 5.91 Å². The highest BCUT2D eigenvalue weighted by molar-refractivity contribution is 5.98. The molecule has 0 aliphatic heterocycles. The van der Waals surface area contributed by atoms with E-state index in [1.807, 2.05) is 87.5 Å². The first kappa shape index (κ1) is 20.9. The van der Waals surface area contributed by atoms with Crippen LogP contribution in [-0.2, 0) is 4.79 Å². The van der Waals surface area contributed by atoms with Crippen molar-refractivity contribution in [2.75, 3.05) is 5.32 Å². The van der Waals surface area contributed by atoms with Gasteiger partial charge in [0.1, 0.15) is 11.6 Å². The largest absolute Gasteiger partial charge is 0.360 e. The van der Waals surface area contributed by atoms with Crippen LogP contribution in [0.25, 0.3) is 0 Å². The summed E-state index contributed by atoms with van der Waals surface area (Å²) in [7, 11) is 0. The predicted molar refractivity (Wildman–Crippen MR) is 121 cm³/mol. The van der Waals surface area contributed by atoms with Gasteiger partial charge in [-0.05, 0) is 43.0 Å². The van der Waals surface area contributed by atoms with Gasteiger partial charge in [-0.25, -0.2) is 0 Å². The van der Waals surface area contributed by atoms with Crippen molar-refractivity contribution in [1.82, 2.24) is 5.32 Å². The van der Waals surface area contributed by atoms with E-state index >= 15 is 0 Å². The fraction of sp³-hybridized carbons (Fsp3) is 0.154. The highest BCUT2D eigenvalue weighted by atomic mass is 16.1. The Hall–Kier alpha value is -3.84. The van der Waals surface area contributed by atoms with Crippen molar-refractivity contribution in [3.63, 3.8) is 0 Å². The molecule has 4 nitrogen and oxygen atoms in total. The molecule has 30 heavy (non-hydrogen) atoms. The zero-order valence-corrected chi connectivity index (χ0v) is 17.4. The number of benzene rings is 3. The fourth-order valence-electron chi connectivity index (χ4n) is 3.56. The minimum Gasteiger partial charge on any atom is -0.360 e. The highest BCUT2D eigenvalue weighted by Gasteiger charge is 2.19. The van der Waals surface area contributed by atoms with Gasteiger partial charge in [0.15, 0.2) is 0 Å². The molecule has 0 radical (unpaired) electrons. The molecule has 0 saturated carbocycles. The molecule has 0 aliphatic rings. The molecule has 2 N–H and O–H groups in total. The van der Waals surface area contributed by atoms with Gasteiger partial charge in [-0.3, -0.25) is 4.79 Å². The summed E-state index contributed by atoms with van der Waals surface area (Å²) in [6, 6.07) is 25.3. The topological polar surface area (TPSA) is 64.9 Å². The SMILES string of the molecule is Cc1cc(C)c(N/C=C(/C#N)C(=O)NC(c2ccccc2)c2ccccc2)c(C)c1. The van der Waals surface area contributed by atoms with Crippen LogP contribution in [0.5, 0.6) is 0 Å². The van der Waals surface area contributed by atoms with Crippen LogP contribution in [0.15, 0.2) is 84.6 Å². The summed E-state index contributed by atoms with van der Waals surface area (Å²) < 4.78 is 0. The van der Waals surface area contributed by atoms with Crippen LogP contribution in [0.3, 0.4) is 0 Å². The number of aryl methyl sites for hydroxylation is 3. The monoisotopic (exact) mass is 395 g/mol. The molecule has 0 aromatic heterocycles. The van der Waals surface area contributed by atoms with E-state index in [9.17, 15) is 10.1 Å². The number of hydrogen-bond acceptors (Lipinski definition) is 3. The fourth-order valence-corrected chi connectivity index (χ4v) is 3.56. The summed E-state index contributed by atoms with van der Waals surface area (Å²) in [4.78, 5) is 12.9. The van der Waals surface area contributed by atoms with Gasteiger partial charge in [-0.2, -0.15) is 5.26 Å². The molecule has 3 aromatic rings. The molecule has 0 fully saturated rings. The molecule has 0 spiro atoms. The Bertz CT molecular complexity index is 1030. The number of rotatable bonds is 6. The molecule has 0 atom stereocenters. The molecular weight excluding hydrogens is 370 g/mol. The number of nitrogens with zero attached hydrogens (tertiary/aromatic N) is 1. The van der Waals surface area contributed by atoms with Crippen molar-refractivity contribution in [3.05, 3.63) is 112 Å². The maximum absolute atomic E-state index is 12.9. The zero-order valence-electron chi connectivity index (χ0n) is 17.4. The van der Waals surface area contributed by atoms with Crippen molar-refractivity contribution >= 4 is 11.6 Å². The van der Waals surface area contributed by atoms with Crippen molar-refractivity contribution in [3.8, 4) is 6.07 Å². The van der Waals surface area contributed by atoms with E-state index in [1.165, 1.54) is 11.8 Å². The van der Waals surface area contributed by atoms with Gasteiger partial charge >= 0.3 is 0 Å². The van der Waals surface area contributed by atoms with Gasteiger partial charge in [0, 0.05) is 11.9 Å². The van der Waals surface area contributed by atoms with Crippen molar-refractivity contribution in [2.45, 2.75) is 26.8 Å². The molecule has 150 valence electrons. The molecule has 0 bridgehead atoms. The number of anilines is 1. The van der Waals surface area contributed by atoms with Gasteiger partial charge in [-0.15, -0.1) is 0 Å². The van der Waals surface area contributed by atoms with Crippen LogP contribution < -0.4 is 10.6 Å². The molecule has 0 heterocycles. The van der Waals surface area contributed by atoms with Crippen LogP contribution in [0.1, 0.15) is 33.9 Å². The van der Waals surface area contributed by atoms with E-state index in [4.69, 9.17) is 0 Å². The van der Waals surface area contributed by atoms with Gasteiger partial charge in [0.2, 0.25) is 0 Å². The summed E-state index contributed by atoms with van der Waals surface area (Å²) in [6.45, 7) is 6.05. The number of amides is 1. The summed E-state index contributed by atoms with van der Waals surface area (Å²) in [5.74, 6) is -0.426. The minimum absolute atomic E-state index is 0.0197. The number of hydrogen-bond donors (Lipinski definition) is 2. The Balaban J connectivity index is 1.86. The molecule has 3 rings (SSSR count). The lowest BCUT2D eigenvalue weighted by atomic mass is 9.98. The lowest BCUT2D eigenvalue weighted by Crippen LogP contribution is -2.30. The van der Waals surface area contributed by atoms with Gasteiger partial charge in [0.25, 0.3) is 5.91 Å². The Labute approximate surface area is 177 Å². The van der Waals surface area contributed by atoms with Crippen LogP contribution >= 0.6 is 0 Å². The third kappa shape index (κ3) is 4.95. The highest BCUT2D eigenvalue weighted by Crippen LogP contribution is 2.24. The van der Waals surface area contributed by atoms with Crippen molar-refractivity contribution in [1.29, 1.82) is 5.26 Å². The number of carbonyl (C=O) groups is 1. The Morgan fingerprint density at radius 3 is 1.87 bits per heavy atom. The van der Waals surface area contributed by atoms with E-state index in [-0.39, 0.29) is 11.6 Å². The maximum Gasteiger partial charge on any atom is 0.264 e. The number of nitrogens with one attached hydrogen (secondary N) is 2. The molecular formula is C26H25N3O. The van der Waals surface area contributed by atoms with Crippen LogP contribution in [0, 0.1) is 32.1 Å². The molecule has 0 saturated heterocycles. The first-order valence-electron chi connectivity index (χ1n) is 9.85. The molecule has 0 unspecified atom stereocenters. The van der Waals surface area contributed by atoms with Crippen molar-refractivity contribution in [2.24, 2.45) is 0 Å². The summed E-state index contributed by atoms with van der Waals surface area (Å²) >= 11 is 0.